The number of aromatic nitrogens is 1. The predicted molar refractivity (Wildman–Crippen MR) is 76.3 cm³/mol. The Balaban J connectivity index is 2.14. The normalized spacial score (nSPS) is 11.0. The fraction of sp³-hybridized carbons (Fsp3) is 0.0667. The van der Waals surface area contributed by atoms with Crippen molar-refractivity contribution in [3.8, 4) is 0 Å². The third-order valence-corrected chi connectivity index (χ3v) is 3.63. The molecule has 0 radical (unpaired) electrons. The zero-order valence-electron chi connectivity index (χ0n) is 10.9. The molecule has 0 aliphatic rings. The molecule has 3 rings (SSSR count). The molecule has 106 valence electrons. The summed E-state index contributed by atoms with van der Waals surface area (Å²) >= 11 is 5.81. The highest BCUT2D eigenvalue weighted by molar-refractivity contribution is 6.35. The van der Waals surface area contributed by atoms with Gasteiger partial charge < -0.3 is 4.42 Å². The van der Waals surface area contributed by atoms with Crippen molar-refractivity contribution < 1.29 is 13.6 Å². The standard InChI is InChI=1S/C15H9ClFNO3/c1-18-11-6-5-8(7-12(11)21-15(18)20)14(19)9-3-2-4-10(17)13(9)16/h2-7H,1H3. The molecular formula is C15H9ClFNO3. The third-order valence-electron chi connectivity index (χ3n) is 3.25. The molecule has 0 unspecified atom stereocenters. The largest absolute Gasteiger partial charge is 0.419 e. The summed E-state index contributed by atoms with van der Waals surface area (Å²) in [5.74, 6) is -1.61. The van der Waals surface area contributed by atoms with Gasteiger partial charge in [-0.05, 0) is 30.3 Å². The summed E-state index contributed by atoms with van der Waals surface area (Å²) in [4.78, 5) is 23.8. The second-order valence-electron chi connectivity index (χ2n) is 4.54. The molecule has 0 saturated carbocycles. The van der Waals surface area contributed by atoms with Gasteiger partial charge in [0.05, 0.1) is 10.5 Å². The number of fused-ring (bicyclic) bond motifs is 1. The molecule has 0 aliphatic carbocycles. The fourth-order valence-corrected chi connectivity index (χ4v) is 2.32. The molecule has 6 heteroatoms. The second kappa shape index (κ2) is 4.86. The Morgan fingerprint density at radius 1 is 1.29 bits per heavy atom. The van der Waals surface area contributed by atoms with Crippen LogP contribution in [0.15, 0.2) is 45.6 Å². The van der Waals surface area contributed by atoms with Crippen LogP contribution in [0, 0.1) is 5.82 Å². The Bertz CT molecular complexity index is 926. The van der Waals surface area contributed by atoms with Gasteiger partial charge in [-0.2, -0.15) is 0 Å². The molecule has 1 heterocycles. The van der Waals surface area contributed by atoms with Crippen molar-refractivity contribution in [2.45, 2.75) is 0 Å². The molecular weight excluding hydrogens is 297 g/mol. The molecule has 21 heavy (non-hydrogen) atoms. The Morgan fingerprint density at radius 3 is 2.81 bits per heavy atom. The first-order valence-electron chi connectivity index (χ1n) is 6.07. The van der Waals surface area contributed by atoms with Crippen molar-refractivity contribution in [2.24, 2.45) is 7.05 Å². The van der Waals surface area contributed by atoms with Gasteiger partial charge in [-0.15, -0.1) is 0 Å². The van der Waals surface area contributed by atoms with Crippen molar-refractivity contribution >= 4 is 28.5 Å². The molecule has 0 fully saturated rings. The lowest BCUT2D eigenvalue weighted by Crippen LogP contribution is -2.08. The maximum Gasteiger partial charge on any atom is 0.419 e. The van der Waals surface area contributed by atoms with Crippen molar-refractivity contribution in [1.29, 1.82) is 0 Å². The summed E-state index contributed by atoms with van der Waals surface area (Å²) in [6.45, 7) is 0. The highest BCUT2D eigenvalue weighted by Gasteiger charge is 2.17. The second-order valence-corrected chi connectivity index (χ2v) is 4.92. The van der Waals surface area contributed by atoms with Gasteiger partial charge in [-0.25, -0.2) is 9.18 Å². The van der Waals surface area contributed by atoms with Crippen LogP contribution in [0.3, 0.4) is 0 Å². The summed E-state index contributed by atoms with van der Waals surface area (Å²) in [5.41, 5.74) is 1.20. The SMILES string of the molecule is Cn1c(=O)oc2cc(C(=O)c3cccc(F)c3Cl)ccc21. The van der Waals surface area contributed by atoms with Gasteiger partial charge in [0.2, 0.25) is 0 Å². The van der Waals surface area contributed by atoms with E-state index < -0.39 is 17.4 Å². The number of benzene rings is 2. The van der Waals surface area contributed by atoms with Crippen LogP contribution >= 0.6 is 11.6 Å². The van der Waals surface area contributed by atoms with E-state index in [1.165, 1.54) is 28.8 Å². The molecule has 4 nitrogen and oxygen atoms in total. The number of hydrogen-bond donors (Lipinski definition) is 0. The van der Waals surface area contributed by atoms with Crippen LogP contribution in [-0.4, -0.2) is 10.4 Å². The fourth-order valence-electron chi connectivity index (χ4n) is 2.11. The van der Waals surface area contributed by atoms with Gasteiger partial charge in [0.25, 0.3) is 0 Å². The summed E-state index contributed by atoms with van der Waals surface area (Å²) in [7, 11) is 1.57. The van der Waals surface area contributed by atoms with E-state index in [1.54, 1.807) is 19.2 Å². The Hall–Kier alpha value is -2.40. The zero-order valence-corrected chi connectivity index (χ0v) is 11.6. The first-order valence-corrected chi connectivity index (χ1v) is 6.45. The van der Waals surface area contributed by atoms with Crippen LogP contribution in [0.5, 0.6) is 0 Å². The van der Waals surface area contributed by atoms with E-state index in [1.807, 2.05) is 0 Å². The minimum absolute atomic E-state index is 0.0642. The lowest BCUT2D eigenvalue weighted by Gasteiger charge is -2.04. The lowest BCUT2D eigenvalue weighted by atomic mass is 10.0. The molecule has 0 bridgehead atoms. The number of carbonyl (C=O) groups is 1. The van der Waals surface area contributed by atoms with Gasteiger partial charge in [0, 0.05) is 18.2 Å². The number of rotatable bonds is 2. The first kappa shape index (κ1) is 13.6. The first-order chi connectivity index (χ1) is 9.99. The predicted octanol–water partition coefficient (Wildman–Crippen LogP) is 3.16. The van der Waals surface area contributed by atoms with Gasteiger partial charge in [0.1, 0.15) is 5.82 Å². The third kappa shape index (κ3) is 2.15. The van der Waals surface area contributed by atoms with E-state index in [9.17, 15) is 14.0 Å². The molecule has 1 aromatic heterocycles. The van der Waals surface area contributed by atoms with Gasteiger partial charge in [-0.1, -0.05) is 17.7 Å². The molecule has 0 N–H and O–H groups in total. The number of oxazole rings is 1. The smallest absolute Gasteiger partial charge is 0.408 e. The maximum absolute atomic E-state index is 13.4. The molecule has 2 aromatic carbocycles. The zero-order chi connectivity index (χ0) is 15.1. The van der Waals surface area contributed by atoms with E-state index >= 15 is 0 Å². The Morgan fingerprint density at radius 2 is 2.05 bits per heavy atom. The number of halogens is 2. The van der Waals surface area contributed by atoms with Gasteiger partial charge in [-0.3, -0.25) is 9.36 Å². The Kier molecular flexibility index (Phi) is 3.14. The number of aryl methyl sites for hydroxylation is 1. The topological polar surface area (TPSA) is 52.2 Å². The van der Waals surface area contributed by atoms with Crippen LogP contribution in [-0.2, 0) is 7.05 Å². The summed E-state index contributed by atoms with van der Waals surface area (Å²) in [6.07, 6.45) is 0. The minimum Gasteiger partial charge on any atom is -0.408 e. The van der Waals surface area contributed by atoms with Crippen molar-refractivity contribution in [1.82, 2.24) is 4.57 Å². The number of hydrogen-bond acceptors (Lipinski definition) is 3. The van der Waals surface area contributed by atoms with E-state index in [0.29, 0.717) is 11.1 Å². The average Bonchev–Trinajstić information content (AvgIpc) is 2.76. The highest BCUT2D eigenvalue weighted by Crippen LogP contribution is 2.24. The van der Waals surface area contributed by atoms with Crippen molar-refractivity contribution in [3.05, 3.63) is 68.9 Å². The lowest BCUT2D eigenvalue weighted by molar-refractivity contribution is 0.103. The monoisotopic (exact) mass is 305 g/mol. The molecule has 0 saturated heterocycles. The van der Waals surface area contributed by atoms with E-state index in [4.69, 9.17) is 16.0 Å². The quantitative estimate of drug-likeness (QED) is 0.683. The number of carbonyl (C=O) groups excluding carboxylic acids is 1. The van der Waals surface area contributed by atoms with E-state index in [0.717, 1.165) is 0 Å². The van der Waals surface area contributed by atoms with Crippen LogP contribution in [0.4, 0.5) is 4.39 Å². The van der Waals surface area contributed by atoms with Crippen LogP contribution < -0.4 is 5.76 Å². The van der Waals surface area contributed by atoms with Crippen LogP contribution in [0.1, 0.15) is 15.9 Å². The molecule has 0 aliphatic heterocycles. The van der Waals surface area contributed by atoms with E-state index in [-0.39, 0.29) is 16.1 Å². The van der Waals surface area contributed by atoms with E-state index in [2.05, 4.69) is 0 Å². The van der Waals surface area contributed by atoms with Crippen molar-refractivity contribution in [3.63, 3.8) is 0 Å². The van der Waals surface area contributed by atoms with Crippen LogP contribution in [0.2, 0.25) is 5.02 Å². The summed E-state index contributed by atoms with van der Waals surface area (Å²) < 4.78 is 19.8. The molecule has 0 spiro atoms. The summed E-state index contributed by atoms with van der Waals surface area (Å²) in [5, 5.41) is -0.225. The maximum atomic E-state index is 13.4. The van der Waals surface area contributed by atoms with Gasteiger partial charge >= 0.3 is 5.76 Å². The molecule has 0 atom stereocenters. The molecule has 0 amide bonds. The summed E-state index contributed by atoms with van der Waals surface area (Å²) in [6, 6.07) is 8.62. The molecule has 3 aromatic rings. The average molecular weight is 306 g/mol. The van der Waals surface area contributed by atoms with Gasteiger partial charge in [0.15, 0.2) is 11.4 Å². The Labute approximate surface area is 123 Å². The minimum atomic E-state index is -0.658. The van der Waals surface area contributed by atoms with Crippen LogP contribution in [0.25, 0.3) is 11.1 Å². The highest BCUT2D eigenvalue weighted by atomic mass is 35.5. The number of nitrogens with zero attached hydrogens (tertiary/aromatic N) is 1. The number of ketones is 1. The van der Waals surface area contributed by atoms with Crippen molar-refractivity contribution in [2.75, 3.05) is 0 Å².